The van der Waals surface area contributed by atoms with E-state index in [1.54, 1.807) is 43.6 Å². The molecule has 0 aliphatic carbocycles. The van der Waals surface area contributed by atoms with Gasteiger partial charge in [0, 0.05) is 31.0 Å². The number of rotatable bonds is 7. The van der Waals surface area contributed by atoms with Crippen molar-refractivity contribution < 1.29 is 14.3 Å². The van der Waals surface area contributed by atoms with Gasteiger partial charge in [-0.1, -0.05) is 11.3 Å². The number of hydrogen-bond donors (Lipinski definition) is 0. The van der Waals surface area contributed by atoms with Gasteiger partial charge in [0.05, 0.1) is 25.3 Å². The first-order chi connectivity index (χ1) is 15.0. The molecule has 1 amide bonds. The van der Waals surface area contributed by atoms with Gasteiger partial charge in [0.1, 0.15) is 21.7 Å². The van der Waals surface area contributed by atoms with E-state index < -0.39 is 0 Å². The fourth-order valence-electron chi connectivity index (χ4n) is 3.23. The third kappa shape index (κ3) is 4.14. The molecule has 0 saturated carbocycles. The second-order valence-electron chi connectivity index (χ2n) is 7.16. The Hall–Kier alpha value is -3.30. The van der Waals surface area contributed by atoms with Crippen molar-refractivity contribution in [2.24, 2.45) is 0 Å². The number of hydrogen-bond acceptors (Lipinski definition) is 8. The summed E-state index contributed by atoms with van der Waals surface area (Å²) in [7, 11) is 7.16. The van der Waals surface area contributed by atoms with Gasteiger partial charge in [-0.2, -0.15) is 0 Å². The molecule has 0 atom stereocenters. The quantitative estimate of drug-likeness (QED) is 0.438. The Morgan fingerprint density at radius 3 is 2.39 bits per heavy atom. The topological polar surface area (TPSA) is 80.7 Å². The van der Waals surface area contributed by atoms with E-state index in [2.05, 4.69) is 9.97 Å². The lowest BCUT2D eigenvalue weighted by Gasteiger charge is -2.22. The smallest absolute Gasteiger partial charge is 0.260 e. The van der Waals surface area contributed by atoms with E-state index in [-0.39, 0.29) is 5.91 Å². The lowest BCUT2D eigenvalue weighted by atomic mass is 10.1. The molecule has 0 radical (unpaired) electrons. The normalized spacial score (nSPS) is 11.3. The lowest BCUT2D eigenvalue weighted by molar-refractivity contribution is 0.0985. The maximum Gasteiger partial charge on any atom is 0.260 e. The minimum absolute atomic E-state index is 0.147. The Kier molecular flexibility index (Phi) is 5.97. The van der Waals surface area contributed by atoms with E-state index in [0.29, 0.717) is 46.3 Å². The Balaban J connectivity index is 1.79. The number of anilines is 1. The zero-order valence-electron chi connectivity index (χ0n) is 17.8. The first kappa shape index (κ1) is 21.0. The number of fused-ring (bicyclic) bond motifs is 2. The minimum Gasteiger partial charge on any atom is -0.495 e. The summed E-state index contributed by atoms with van der Waals surface area (Å²) in [5.74, 6) is 1.19. The zero-order chi connectivity index (χ0) is 22.0. The molecular weight excluding hydrogens is 414 g/mol. The summed E-state index contributed by atoms with van der Waals surface area (Å²) < 4.78 is 11.8. The van der Waals surface area contributed by atoms with Crippen LogP contribution < -0.4 is 14.4 Å². The van der Waals surface area contributed by atoms with E-state index in [0.717, 1.165) is 10.2 Å². The Labute approximate surface area is 184 Å². The maximum absolute atomic E-state index is 13.6. The summed E-state index contributed by atoms with van der Waals surface area (Å²) in [6.45, 7) is 1.16. The first-order valence-corrected chi connectivity index (χ1v) is 10.5. The molecule has 160 valence electrons. The minimum atomic E-state index is -0.147. The second-order valence-corrected chi connectivity index (χ2v) is 8.14. The predicted molar refractivity (Wildman–Crippen MR) is 122 cm³/mol. The second kappa shape index (κ2) is 8.83. The summed E-state index contributed by atoms with van der Waals surface area (Å²) in [6, 6.07) is 9.01. The molecule has 0 fully saturated rings. The van der Waals surface area contributed by atoms with Crippen LogP contribution in [-0.2, 0) is 0 Å². The fraction of sp³-hybridized carbons (Fsp3) is 0.273. The van der Waals surface area contributed by atoms with Crippen molar-refractivity contribution >= 4 is 43.6 Å². The first-order valence-electron chi connectivity index (χ1n) is 9.70. The molecule has 0 bridgehead atoms. The summed E-state index contributed by atoms with van der Waals surface area (Å²) >= 11 is 1.41. The van der Waals surface area contributed by atoms with Crippen LogP contribution in [0.1, 0.15) is 10.4 Å². The number of carbonyl (C=O) groups is 1. The van der Waals surface area contributed by atoms with Gasteiger partial charge in [0.25, 0.3) is 5.91 Å². The highest BCUT2D eigenvalue weighted by atomic mass is 32.1. The van der Waals surface area contributed by atoms with Crippen LogP contribution in [0.25, 0.3) is 21.3 Å². The largest absolute Gasteiger partial charge is 0.495 e. The van der Waals surface area contributed by atoms with Crippen molar-refractivity contribution in [2.45, 2.75) is 0 Å². The highest BCUT2D eigenvalue weighted by molar-refractivity contribution is 7.22. The molecule has 2 heterocycles. The van der Waals surface area contributed by atoms with E-state index in [4.69, 9.17) is 14.5 Å². The highest BCUT2D eigenvalue weighted by Gasteiger charge is 2.24. The molecule has 4 aromatic rings. The van der Waals surface area contributed by atoms with Crippen molar-refractivity contribution in [3.8, 4) is 11.5 Å². The van der Waals surface area contributed by atoms with Crippen LogP contribution in [0.5, 0.6) is 11.5 Å². The van der Waals surface area contributed by atoms with Gasteiger partial charge >= 0.3 is 0 Å². The third-order valence-electron chi connectivity index (χ3n) is 4.86. The molecule has 8 nitrogen and oxygen atoms in total. The van der Waals surface area contributed by atoms with Crippen LogP contribution in [0.2, 0.25) is 0 Å². The molecule has 0 aliphatic heterocycles. The van der Waals surface area contributed by atoms with Gasteiger partial charge in [0.2, 0.25) is 0 Å². The standard InChI is InChI=1S/C22H23N5O3S/c1-26(2)11-12-27(21(28)14-5-6-15-16(13-14)24-10-9-23-15)22-25-19-17(29-3)7-8-18(30-4)20(19)31-22/h5-10,13H,11-12H2,1-4H3. The van der Waals surface area contributed by atoms with Crippen LogP contribution in [0.15, 0.2) is 42.7 Å². The van der Waals surface area contributed by atoms with Gasteiger partial charge in [-0.05, 0) is 44.4 Å². The van der Waals surface area contributed by atoms with E-state index in [9.17, 15) is 4.79 Å². The van der Waals surface area contributed by atoms with Crippen LogP contribution in [0.3, 0.4) is 0 Å². The van der Waals surface area contributed by atoms with E-state index in [1.807, 2.05) is 37.2 Å². The number of nitrogens with zero attached hydrogens (tertiary/aromatic N) is 5. The monoisotopic (exact) mass is 437 g/mol. The predicted octanol–water partition coefficient (Wildman–Crippen LogP) is 3.47. The molecule has 31 heavy (non-hydrogen) atoms. The summed E-state index contributed by atoms with van der Waals surface area (Å²) in [6.07, 6.45) is 3.25. The molecule has 0 saturated heterocycles. The number of ether oxygens (including phenoxy) is 2. The van der Waals surface area contributed by atoms with Crippen molar-refractivity contribution in [1.29, 1.82) is 0 Å². The van der Waals surface area contributed by atoms with Gasteiger partial charge in [-0.15, -0.1) is 0 Å². The van der Waals surface area contributed by atoms with Crippen molar-refractivity contribution in [3.05, 3.63) is 48.3 Å². The SMILES string of the molecule is COc1ccc(OC)c2sc(N(CCN(C)C)C(=O)c3ccc4nccnc4c3)nc12. The van der Waals surface area contributed by atoms with Gasteiger partial charge in [-0.3, -0.25) is 19.7 Å². The molecule has 0 N–H and O–H groups in total. The van der Waals surface area contributed by atoms with Crippen molar-refractivity contribution in [1.82, 2.24) is 19.9 Å². The summed E-state index contributed by atoms with van der Waals surface area (Å²) in [5, 5.41) is 0.587. The average molecular weight is 438 g/mol. The number of likely N-dealkylation sites (N-methyl/N-ethyl adjacent to an activating group) is 1. The molecule has 4 rings (SSSR count). The molecule has 2 aromatic carbocycles. The van der Waals surface area contributed by atoms with Crippen LogP contribution >= 0.6 is 11.3 Å². The van der Waals surface area contributed by atoms with Gasteiger partial charge < -0.3 is 14.4 Å². The van der Waals surface area contributed by atoms with Crippen LogP contribution in [-0.4, -0.2) is 67.2 Å². The van der Waals surface area contributed by atoms with Gasteiger partial charge in [0.15, 0.2) is 5.13 Å². The number of carbonyl (C=O) groups excluding carboxylic acids is 1. The number of benzene rings is 2. The third-order valence-corrected chi connectivity index (χ3v) is 5.96. The Morgan fingerprint density at radius 1 is 0.968 bits per heavy atom. The summed E-state index contributed by atoms with van der Waals surface area (Å²) in [4.78, 5) is 30.6. The van der Waals surface area contributed by atoms with E-state index >= 15 is 0 Å². The fourth-order valence-corrected chi connectivity index (χ4v) is 4.32. The molecule has 0 aliphatic rings. The van der Waals surface area contributed by atoms with Crippen molar-refractivity contribution in [2.75, 3.05) is 46.3 Å². The number of methoxy groups -OCH3 is 2. The molecule has 0 unspecified atom stereocenters. The van der Waals surface area contributed by atoms with Crippen LogP contribution in [0.4, 0.5) is 5.13 Å². The Bertz CT molecular complexity index is 1200. The molecule has 2 aromatic heterocycles. The number of aromatic nitrogens is 3. The number of amides is 1. The summed E-state index contributed by atoms with van der Waals surface area (Å²) in [5.41, 5.74) is 2.63. The highest BCUT2D eigenvalue weighted by Crippen LogP contribution is 2.40. The lowest BCUT2D eigenvalue weighted by Crippen LogP contribution is -2.36. The Morgan fingerprint density at radius 2 is 1.68 bits per heavy atom. The molecule has 0 spiro atoms. The van der Waals surface area contributed by atoms with E-state index in [1.165, 1.54) is 11.3 Å². The maximum atomic E-state index is 13.6. The molecular formula is C22H23N5O3S. The van der Waals surface area contributed by atoms with Gasteiger partial charge in [-0.25, -0.2) is 4.98 Å². The average Bonchev–Trinajstić information content (AvgIpc) is 3.23. The zero-order valence-corrected chi connectivity index (χ0v) is 18.6. The number of thiazole rings is 1. The van der Waals surface area contributed by atoms with Crippen molar-refractivity contribution in [3.63, 3.8) is 0 Å². The molecule has 9 heteroatoms. The van der Waals surface area contributed by atoms with Crippen LogP contribution in [0, 0.1) is 0 Å².